The normalized spacial score (nSPS) is 18.2. The molecular formula is C23H29N3O3S. The number of piperidine rings is 2. The highest BCUT2D eigenvalue weighted by Crippen LogP contribution is 2.23. The molecule has 160 valence electrons. The van der Waals surface area contributed by atoms with Crippen molar-refractivity contribution in [1.29, 1.82) is 0 Å². The van der Waals surface area contributed by atoms with Gasteiger partial charge in [0.1, 0.15) is 0 Å². The molecule has 0 aliphatic carbocycles. The van der Waals surface area contributed by atoms with Crippen molar-refractivity contribution in [3.05, 3.63) is 54.1 Å². The third-order valence-electron chi connectivity index (χ3n) is 5.92. The lowest BCUT2D eigenvalue weighted by molar-refractivity contribution is 0.102. The molecule has 0 bridgehead atoms. The van der Waals surface area contributed by atoms with Crippen LogP contribution in [0, 0.1) is 0 Å². The maximum atomic E-state index is 12.7. The van der Waals surface area contributed by atoms with Crippen molar-refractivity contribution >= 4 is 27.3 Å². The molecule has 7 heteroatoms. The Hall–Kier alpha value is -2.38. The standard InChI is InChI=1S/C23H29N3O3S/c27-23(19-7-11-21(12-8-19)25-15-3-1-4-16-25)24-20-9-13-22(14-10-20)30(28,29)26-17-5-2-6-18-26/h7-14H,1-6,15-18H2,(H,24,27). The number of anilines is 2. The molecule has 0 atom stereocenters. The first kappa shape index (κ1) is 20.9. The van der Waals surface area contributed by atoms with E-state index in [1.807, 2.05) is 24.3 Å². The van der Waals surface area contributed by atoms with E-state index in [1.54, 1.807) is 28.6 Å². The Morgan fingerprint density at radius 1 is 0.733 bits per heavy atom. The van der Waals surface area contributed by atoms with E-state index >= 15 is 0 Å². The largest absolute Gasteiger partial charge is 0.372 e. The fourth-order valence-corrected chi connectivity index (χ4v) is 5.66. The molecule has 2 heterocycles. The first-order chi connectivity index (χ1) is 14.5. The Morgan fingerprint density at radius 2 is 1.30 bits per heavy atom. The van der Waals surface area contributed by atoms with Crippen LogP contribution in [0.3, 0.4) is 0 Å². The van der Waals surface area contributed by atoms with Crippen LogP contribution in [0.4, 0.5) is 11.4 Å². The molecule has 1 N–H and O–H groups in total. The van der Waals surface area contributed by atoms with Gasteiger partial charge in [-0.1, -0.05) is 6.42 Å². The smallest absolute Gasteiger partial charge is 0.255 e. The zero-order valence-electron chi connectivity index (χ0n) is 17.2. The average molecular weight is 428 g/mol. The minimum absolute atomic E-state index is 0.202. The molecule has 2 aliphatic rings. The minimum Gasteiger partial charge on any atom is -0.372 e. The number of amides is 1. The van der Waals surface area contributed by atoms with Gasteiger partial charge in [0.2, 0.25) is 10.0 Å². The summed E-state index contributed by atoms with van der Waals surface area (Å²) in [5, 5.41) is 2.85. The van der Waals surface area contributed by atoms with Crippen molar-refractivity contribution in [2.75, 3.05) is 36.4 Å². The lowest BCUT2D eigenvalue weighted by atomic mass is 10.1. The molecule has 2 aromatic carbocycles. The van der Waals surface area contributed by atoms with Crippen molar-refractivity contribution in [2.45, 2.75) is 43.4 Å². The SMILES string of the molecule is O=C(Nc1ccc(S(=O)(=O)N2CCCCC2)cc1)c1ccc(N2CCCCC2)cc1. The third-order valence-corrected chi connectivity index (χ3v) is 7.83. The van der Waals surface area contributed by atoms with Crippen LogP contribution in [0.25, 0.3) is 0 Å². The summed E-state index contributed by atoms with van der Waals surface area (Å²) in [6.45, 7) is 3.29. The predicted octanol–water partition coefficient (Wildman–Crippen LogP) is 4.10. The summed E-state index contributed by atoms with van der Waals surface area (Å²) in [5.41, 5.74) is 2.32. The Bertz CT molecular complexity index is 960. The van der Waals surface area contributed by atoms with E-state index in [9.17, 15) is 13.2 Å². The summed E-state index contributed by atoms with van der Waals surface area (Å²) in [6.07, 6.45) is 6.61. The molecule has 0 spiro atoms. The van der Waals surface area contributed by atoms with Gasteiger partial charge >= 0.3 is 0 Å². The second-order valence-corrected chi connectivity index (χ2v) is 9.98. The number of nitrogens with zero attached hydrogens (tertiary/aromatic N) is 2. The Labute approximate surface area is 178 Å². The minimum atomic E-state index is -3.46. The maximum Gasteiger partial charge on any atom is 0.255 e. The number of nitrogens with one attached hydrogen (secondary N) is 1. The topological polar surface area (TPSA) is 69.7 Å². The lowest BCUT2D eigenvalue weighted by Crippen LogP contribution is -2.35. The molecule has 0 radical (unpaired) electrons. The van der Waals surface area contributed by atoms with Gasteiger partial charge in [-0.3, -0.25) is 4.79 Å². The fourth-order valence-electron chi connectivity index (χ4n) is 4.14. The van der Waals surface area contributed by atoms with E-state index in [1.165, 1.54) is 19.3 Å². The number of hydrogen-bond acceptors (Lipinski definition) is 4. The average Bonchev–Trinajstić information content (AvgIpc) is 2.81. The van der Waals surface area contributed by atoms with Gasteiger partial charge in [-0.2, -0.15) is 4.31 Å². The van der Waals surface area contributed by atoms with Crippen LogP contribution in [0.15, 0.2) is 53.4 Å². The highest BCUT2D eigenvalue weighted by Gasteiger charge is 2.25. The van der Waals surface area contributed by atoms with Crippen LogP contribution in [0.2, 0.25) is 0 Å². The summed E-state index contributed by atoms with van der Waals surface area (Å²) < 4.78 is 27.0. The van der Waals surface area contributed by atoms with E-state index in [2.05, 4.69) is 10.2 Å². The predicted molar refractivity (Wildman–Crippen MR) is 120 cm³/mol. The first-order valence-corrected chi connectivity index (χ1v) is 12.2. The van der Waals surface area contributed by atoms with Crippen LogP contribution in [0.5, 0.6) is 0 Å². The number of sulfonamides is 1. The van der Waals surface area contributed by atoms with Gasteiger partial charge in [0.25, 0.3) is 5.91 Å². The summed E-state index contributed by atoms with van der Waals surface area (Å²) >= 11 is 0. The third kappa shape index (κ3) is 4.68. The van der Waals surface area contributed by atoms with E-state index < -0.39 is 10.0 Å². The van der Waals surface area contributed by atoms with Crippen LogP contribution < -0.4 is 10.2 Å². The van der Waals surface area contributed by atoms with Crippen LogP contribution in [-0.2, 0) is 10.0 Å². The van der Waals surface area contributed by atoms with Crippen molar-refractivity contribution in [1.82, 2.24) is 4.31 Å². The van der Waals surface area contributed by atoms with Gasteiger partial charge in [-0.25, -0.2) is 8.42 Å². The quantitative estimate of drug-likeness (QED) is 0.780. The summed E-state index contributed by atoms with van der Waals surface area (Å²) in [4.78, 5) is 15.2. The van der Waals surface area contributed by atoms with E-state index in [0.29, 0.717) is 24.3 Å². The summed E-state index contributed by atoms with van der Waals surface area (Å²) in [7, 11) is -3.46. The molecule has 4 rings (SSSR count). The van der Waals surface area contributed by atoms with Gasteiger partial charge in [0.05, 0.1) is 4.90 Å². The molecule has 6 nitrogen and oxygen atoms in total. The van der Waals surface area contributed by atoms with Crippen LogP contribution in [0.1, 0.15) is 48.9 Å². The highest BCUT2D eigenvalue weighted by atomic mass is 32.2. The van der Waals surface area contributed by atoms with Gasteiger partial charge in [0, 0.05) is 43.1 Å². The number of benzene rings is 2. The molecule has 2 fully saturated rings. The zero-order chi connectivity index (χ0) is 21.0. The fraction of sp³-hybridized carbons (Fsp3) is 0.435. The first-order valence-electron chi connectivity index (χ1n) is 10.8. The Balaban J connectivity index is 1.39. The van der Waals surface area contributed by atoms with Gasteiger partial charge in [0.15, 0.2) is 0 Å². The second kappa shape index (κ2) is 9.18. The van der Waals surface area contributed by atoms with Crippen molar-refractivity contribution < 1.29 is 13.2 Å². The molecule has 1 amide bonds. The Morgan fingerprint density at radius 3 is 1.90 bits per heavy atom. The molecule has 2 aliphatic heterocycles. The van der Waals surface area contributed by atoms with Gasteiger partial charge in [-0.05, 0) is 80.6 Å². The summed E-state index contributed by atoms with van der Waals surface area (Å²) in [5.74, 6) is -0.202. The summed E-state index contributed by atoms with van der Waals surface area (Å²) in [6, 6.07) is 14.1. The van der Waals surface area contributed by atoms with Gasteiger partial charge < -0.3 is 10.2 Å². The molecular weight excluding hydrogens is 398 g/mol. The van der Waals surface area contributed by atoms with E-state index in [0.717, 1.165) is 38.0 Å². The van der Waals surface area contributed by atoms with Crippen LogP contribution >= 0.6 is 0 Å². The molecule has 30 heavy (non-hydrogen) atoms. The van der Waals surface area contributed by atoms with E-state index in [-0.39, 0.29) is 10.8 Å². The van der Waals surface area contributed by atoms with Crippen LogP contribution in [-0.4, -0.2) is 44.8 Å². The van der Waals surface area contributed by atoms with Crippen molar-refractivity contribution in [3.63, 3.8) is 0 Å². The van der Waals surface area contributed by atoms with Crippen molar-refractivity contribution in [3.8, 4) is 0 Å². The molecule has 2 aromatic rings. The molecule has 0 unspecified atom stereocenters. The number of rotatable bonds is 5. The highest BCUT2D eigenvalue weighted by molar-refractivity contribution is 7.89. The molecule has 0 aromatic heterocycles. The lowest BCUT2D eigenvalue weighted by Gasteiger charge is -2.28. The molecule has 0 saturated carbocycles. The van der Waals surface area contributed by atoms with Crippen molar-refractivity contribution in [2.24, 2.45) is 0 Å². The monoisotopic (exact) mass is 427 g/mol. The van der Waals surface area contributed by atoms with Gasteiger partial charge in [-0.15, -0.1) is 0 Å². The van der Waals surface area contributed by atoms with E-state index in [4.69, 9.17) is 0 Å². The zero-order valence-corrected chi connectivity index (χ0v) is 18.0. The number of carbonyl (C=O) groups is 1. The molecule has 2 saturated heterocycles. The second-order valence-electron chi connectivity index (χ2n) is 8.04. The number of hydrogen-bond donors (Lipinski definition) is 1. The maximum absolute atomic E-state index is 12.7. The Kier molecular flexibility index (Phi) is 6.39. The number of carbonyl (C=O) groups excluding carboxylic acids is 1.